The van der Waals surface area contributed by atoms with Crippen molar-refractivity contribution in [3.8, 4) is 11.3 Å². The highest BCUT2D eigenvalue weighted by Crippen LogP contribution is 2.23. The van der Waals surface area contributed by atoms with Gasteiger partial charge >= 0.3 is 6.03 Å². The Balaban J connectivity index is 2.12. The van der Waals surface area contributed by atoms with Gasteiger partial charge in [-0.1, -0.05) is 28.1 Å². The number of nitrogens with zero attached hydrogens (tertiary/aromatic N) is 1. The zero-order chi connectivity index (χ0) is 13.0. The maximum absolute atomic E-state index is 10.4. The molecule has 0 unspecified atom stereocenters. The number of carbonyl (C=O) groups excluding carboxylic acids is 1. The van der Waals surface area contributed by atoms with Crippen LogP contribution in [0.15, 0.2) is 50.4 Å². The van der Waals surface area contributed by atoms with E-state index in [1.165, 1.54) is 6.21 Å². The van der Waals surface area contributed by atoms with E-state index in [-0.39, 0.29) is 0 Å². The lowest BCUT2D eigenvalue weighted by Crippen LogP contribution is -2.24. The largest absolute Gasteiger partial charge is 0.455 e. The van der Waals surface area contributed by atoms with E-state index in [4.69, 9.17) is 10.2 Å². The summed E-state index contributed by atoms with van der Waals surface area (Å²) in [6.07, 6.45) is 1.38. The minimum atomic E-state index is -0.717. The second-order valence-corrected chi connectivity index (χ2v) is 4.36. The molecule has 5 nitrogen and oxygen atoms in total. The SMILES string of the molecule is NC(=O)NN=Cc1ccc(-c2ccc(Br)cc2)o1. The Morgan fingerprint density at radius 1 is 1.28 bits per heavy atom. The van der Waals surface area contributed by atoms with Crippen LogP contribution < -0.4 is 11.2 Å². The molecule has 0 aliphatic heterocycles. The first-order chi connectivity index (χ1) is 8.65. The van der Waals surface area contributed by atoms with Crippen LogP contribution in [-0.4, -0.2) is 12.2 Å². The molecular formula is C12H10BrN3O2. The first-order valence-corrected chi connectivity index (χ1v) is 5.89. The summed E-state index contributed by atoms with van der Waals surface area (Å²) in [5, 5.41) is 3.61. The van der Waals surface area contributed by atoms with Crippen molar-refractivity contribution in [3.05, 3.63) is 46.6 Å². The highest BCUT2D eigenvalue weighted by molar-refractivity contribution is 9.10. The average Bonchev–Trinajstić information content (AvgIpc) is 2.78. The molecule has 1 aromatic heterocycles. The number of nitrogens with one attached hydrogen (secondary N) is 1. The van der Waals surface area contributed by atoms with Crippen LogP contribution in [0.3, 0.4) is 0 Å². The average molecular weight is 308 g/mol. The van der Waals surface area contributed by atoms with Gasteiger partial charge in [-0.3, -0.25) is 0 Å². The lowest BCUT2D eigenvalue weighted by molar-refractivity contribution is 0.249. The number of hydrogen-bond donors (Lipinski definition) is 2. The number of carbonyl (C=O) groups is 1. The Morgan fingerprint density at radius 3 is 2.67 bits per heavy atom. The van der Waals surface area contributed by atoms with Crippen LogP contribution in [0.1, 0.15) is 5.76 Å². The number of hydrazone groups is 1. The Labute approximate surface area is 112 Å². The van der Waals surface area contributed by atoms with E-state index in [0.717, 1.165) is 15.8 Å². The molecule has 1 heterocycles. The fourth-order valence-electron chi connectivity index (χ4n) is 1.35. The number of halogens is 1. The molecule has 3 N–H and O–H groups in total. The van der Waals surface area contributed by atoms with Gasteiger partial charge in [0.2, 0.25) is 0 Å². The standard InChI is InChI=1S/C12H10BrN3O2/c13-9-3-1-8(2-4-9)11-6-5-10(18-11)7-15-16-12(14)17/h1-7H,(H3,14,16,17). The number of furan rings is 1. The van der Waals surface area contributed by atoms with E-state index in [9.17, 15) is 4.79 Å². The van der Waals surface area contributed by atoms with Crippen LogP contribution >= 0.6 is 15.9 Å². The smallest absolute Gasteiger partial charge is 0.332 e. The normalized spacial score (nSPS) is 10.7. The van der Waals surface area contributed by atoms with E-state index < -0.39 is 6.03 Å². The first kappa shape index (κ1) is 12.4. The number of urea groups is 1. The maximum atomic E-state index is 10.4. The van der Waals surface area contributed by atoms with Crippen LogP contribution in [0.5, 0.6) is 0 Å². The van der Waals surface area contributed by atoms with Crippen molar-refractivity contribution in [1.82, 2.24) is 5.43 Å². The van der Waals surface area contributed by atoms with Gasteiger partial charge in [0.25, 0.3) is 0 Å². The monoisotopic (exact) mass is 307 g/mol. The number of primary amides is 1. The third kappa shape index (κ3) is 3.21. The minimum Gasteiger partial charge on any atom is -0.455 e. The van der Waals surface area contributed by atoms with Gasteiger partial charge < -0.3 is 10.2 Å². The van der Waals surface area contributed by atoms with Gasteiger partial charge in [-0.2, -0.15) is 5.10 Å². The van der Waals surface area contributed by atoms with Crippen LogP contribution in [0.4, 0.5) is 4.79 Å². The summed E-state index contributed by atoms with van der Waals surface area (Å²) >= 11 is 3.37. The first-order valence-electron chi connectivity index (χ1n) is 5.09. The molecule has 0 radical (unpaired) electrons. The molecule has 0 saturated carbocycles. The summed E-state index contributed by atoms with van der Waals surface area (Å²) < 4.78 is 6.54. The highest BCUT2D eigenvalue weighted by Gasteiger charge is 2.03. The van der Waals surface area contributed by atoms with Crippen molar-refractivity contribution in [2.75, 3.05) is 0 Å². The summed E-state index contributed by atoms with van der Waals surface area (Å²) in [5.41, 5.74) is 7.92. The molecule has 92 valence electrons. The van der Waals surface area contributed by atoms with Crippen molar-refractivity contribution >= 4 is 28.2 Å². The third-order valence-electron chi connectivity index (χ3n) is 2.12. The third-order valence-corrected chi connectivity index (χ3v) is 2.65. The molecule has 1 aromatic carbocycles. The predicted molar refractivity (Wildman–Crippen MR) is 72.2 cm³/mol. The Hall–Kier alpha value is -2.08. The van der Waals surface area contributed by atoms with Crippen LogP contribution in [0, 0.1) is 0 Å². The number of rotatable bonds is 3. The molecule has 0 bridgehead atoms. The fourth-order valence-corrected chi connectivity index (χ4v) is 1.62. The second kappa shape index (κ2) is 5.50. The Bertz CT molecular complexity index is 575. The number of nitrogens with two attached hydrogens (primary N) is 1. The number of benzene rings is 1. The Kier molecular flexibility index (Phi) is 3.78. The molecule has 2 amide bonds. The summed E-state index contributed by atoms with van der Waals surface area (Å²) in [7, 11) is 0. The zero-order valence-electron chi connectivity index (χ0n) is 9.26. The topological polar surface area (TPSA) is 80.6 Å². The van der Waals surface area contributed by atoms with Crippen molar-refractivity contribution < 1.29 is 9.21 Å². The molecule has 2 rings (SSSR count). The minimum absolute atomic E-state index is 0.529. The van der Waals surface area contributed by atoms with Crippen molar-refractivity contribution in [2.45, 2.75) is 0 Å². The quantitative estimate of drug-likeness (QED) is 0.675. The van der Waals surface area contributed by atoms with Crippen molar-refractivity contribution in [1.29, 1.82) is 0 Å². The van der Waals surface area contributed by atoms with Crippen LogP contribution in [0.25, 0.3) is 11.3 Å². The molecule has 0 spiro atoms. The van der Waals surface area contributed by atoms with Gasteiger partial charge in [0.05, 0.1) is 6.21 Å². The number of amides is 2. The zero-order valence-corrected chi connectivity index (χ0v) is 10.8. The molecule has 0 fully saturated rings. The molecule has 2 aromatic rings. The van der Waals surface area contributed by atoms with Gasteiger partial charge in [-0.15, -0.1) is 0 Å². The van der Waals surface area contributed by atoms with Gasteiger partial charge in [0.1, 0.15) is 11.5 Å². The number of hydrogen-bond acceptors (Lipinski definition) is 3. The maximum Gasteiger partial charge on any atom is 0.332 e. The molecule has 0 saturated heterocycles. The van der Waals surface area contributed by atoms with E-state index in [0.29, 0.717) is 5.76 Å². The van der Waals surface area contributed by atoms with Gasteiger partial charge in [-0.05, 0) is 24.3 Å². The van der Waals surface area contributed by atoms with Crippen molar-refractivity contribution in [3.63, 3.8) is 0 Å². The molecular weight excluding hydrogens is 298 g/mol. The summed E-state index contributed by atoms with van der Waals surface area (Å²) in [4.78, 5) is 10.4. The highest BCUT2D eigenvalue weighted by atomic mass is 79.9. The molecule has 0 atom stereocenters. The Morgan fingerprint density at radius 2 is 2.00 bits per heavy atom. The fraction of sp³-hybridized carbons (Fsp3) is 0. The lowest BCUT2D eigenvalue weighted by atomic mass is 10.2. The molecule has 6 heteroatoms. The summed E-state index contributed by atoms with van der Waals surface area (Å²) in [6, 6.07) is 10.6. The van der Waals surface area contributed by atoms with Gasteiger partial charge in [0.15, 0.2) is 0 Å². The molecule has 0 aliphatic carbocycles. The van der Waals surface area contributed by atoms with Crippen LogP contribution in [-0.2, 0) is 0 Å². The van der Waals surface area contributed by atoms with Crippen LogP contribution in [0.2, 0.25) is 0 Å². The predicted octanol–water partition coefficient (Wildman–Crippen LogP) is 2.71. The van der Waals surface area contributed by atoms with E-state index in [2.05, 4.69) is 26.5 Å². The molecule has 0 aliphatic rings. The van der Waals surface area contributed by atoms with E-state index >= 15 is 0 Å². The molecule has 18 heavy (non-hydrogen) atoms. The summed E-state index contributed by atoms with van der Waals surface area (Å²) in [5.74, 6) is 1.25. The van der Waals surface area contributed by atoms with E-state index in [1.54, 1.807) is 6.07 Å². The lowest BCUT2D eigenvalue weighted by Gasteiger charge is -1.96. The van der Waals surface area contributed by atoms with E-state index in [1.807, 2.05) is 30.3 Å². The van der Waals surface area contributed by atoms with Gasteiger partial charge in [0, 0.05) is 10.0 Å². The van der Waals surface area contributed by atoms with Gasteiger partial charge in [-0.25, -0.2) is 10.2 Å². The van der Waals surface area contributed by atoms with Crippen molar-refractivity contribution in [2.24, 2.45) is 10.8 Å². The second-order valence-electron chi connectivity index (χ2n) is 3.44. The summed E-state index contributed by atoms with van der Waals surface area (Å²) in [6.45, 7) is 0.